The minimum Gasteiger partial charge on any atom is -0.444 e. The van der Waals surface area contributed by atoms with Crippen LogP contribution in [0.2, 0.25) is 0 Å². The van der Waals surface area contributed by atoms with E-state index in [1.54, 1.807) is 13.0 Å². The molecule has 120 valence electrons. The minimum atomic E-state index is -5.04. The van der Waals surface area contributed by atoms with Crippen LogP contribution in [-0.2, 0) is 19.9 Å². The van der Waals surface area contributed by atoms with Crippen LogP contribution in [0.1, 0.15) is 25.3 Å². The zero-order valence-electron chi connectivity index (χ0n) is 12.2. The third-order valence-corrected chi connectivity index (χ3v) is 3.12. The standard InChI is InChI=1S/C15H16F3NO3/c1-3-7-12(10-19)22-13(20)14(21-2,15(16,17)18)11-8-5-4-6-9-11/h4-6,8-9,12H,3,7H2,1-2H3/t12-,14+/m1/s1. The lowest BCUT2D eigenvalue weighted by Gasteiger charge is -2.32. The zero-order chi connectivity index (χ0) is 16.8. The number of esters is 1. The summed E-state index contributed by atoms with van der Waals surface area (Å²) in [6.45, 7) is 1.72. The molecule has 0 saturated heterocycles. The number of alkyl halides is 3. The van der Waals surface area contributed by atoms with Crippen molar-refractivity contribution in [2.24, 2.45) is 0 Å². The Hall–Kier alpha value is -2.07. The zero-order valence-corrected chi connectivity index (χ0v) is 12.2. The summed E-state index contributed by atoms with van der Waals surface area (Å²) in [6.07, 6.45) is -5.65. The van der Waals surface area contributed by atoms with Crippen LogP contribution in [0.25, 0.3) is 0 Å². The molecule has 1 aromatic rings. The van der Waals surface area contributed by atoms with E-state index in [4.69, 9.17) is 10.00 Å². The van der Waals surface area contributed by atoms with Gasteiger partial charge >= 0.3 is 12.1 Å². The third kappa shape index (κ3) is 3.39. The molecule has 2 atom stereocenters. The quantitative estimate of drug-likeness (QED) is 0.756. The summed E-state index contributed by atoms with van der Waals surface area (Å²) >= 11 is 0. The van der Waals surface area contributed by atoms with E-state index in [0.29, 0.717) is 6.42 Å². The first-order valence-corrected chi connectivity index (χ1v) is 6.61. The Bertz CT molecular complexity index is 539. The van der Waals surface area contributed by atoms with Crippen LogP contribution in [0.15, 0.2) is 30.3 Å². The van der Waals surface area contributed by atoms with Gasteiger partial charge in [0.1, 0.15) is 6.07 Å². The van der Waals surface area contributed by atoms with Gasteiger partial charge in [-0.05, 0) is 6.42 Å². The van der Waals surface area contributed by atoms with Gasteiger partial charge in [-0.1, -0.05) is 43.7 Å². The number of ether oxygens (including phenoxy) is 2. The molecule has 0 aliphatic heterocycles. The van der Waals surface area contributed by atoms with Gasteiger partial charge in [-0.15, -0.1) is 0 Å². The van der Waals surface area contributed by atoms with Crippen LogP contribution in [0.4, 0.5) is 13.2 Å². The second-order valence-electron chi connectivity index (χ2n) is 4.56. The van der Waals surface area contributed by atoms with Crippen LogP contribution in [0.3, 0.4) is 0 Å². The van der Waals surface area contributed by atoms with E-state index in [1.165, 1.54) is 18.2 Å². The van der Waals surface area contributed by atoms with Crippen molar-refractivity contribution < 1.29 is 27.4 Å². The molecule has 0 fully saturated rings. The second kappa shape index (κ2) is 7.27. The highest BCUT2D eigenvalue weighted by Gasteiger charge is 2.64. The van der Waals surface area contributed by atoms with Crippen molar-refractivity contribution in [2.75, 3.05) is 7.11 Å². The van der Waals surface area contributed by atoms with Gasteiger partial charge in [-0.2, -0.15) is 18.4 Å². The Balaban J connectivity index is 3.28. The molecule has 0 N–H and O–H groups in total. The second-order valence-corrected chi connectivity index (χ2v) is 4.56. The number of halogens is 3. The van der Waals surface area contributed by atoms with E-state index in [1.807, 2.05) is 0 Å². The monoisotopic (exact) mass is 315 g/mol. The highest BCUT2D eigenvalue weighted by atomic mass is 19.4. The van der Waals surface area contributed by atoms with Crippen molar-refractivity contribution in [1.82, 2.24) is 0 Å². The lowest BCUT2D eigenvalue weighted by atomic mass is 9.92. The van der Waals surface area contributed by atoms with Gasteiger partial charge in [0.15, 0.2) is 6.10 Å². The molecule has 0 unspecified atom stereocenters. The summed E-state index contributed by atoms with van der Waals surface area (Å²) in [7, 11) is 0.781. The van der Waals surface area contributed by atoms with Crippen LogP contribution in [0, 0.1) is 11.3 Å². The normalized spacial score (nSPS) is 15.5. The molecule has 0 saturated carbocycles. The number of rotatable bonds is 6. The molecule has 7 heteroatoms. The van der Waals surface area contributed by atoms with Crippen molar-refractivity contribution in [1.29, 1.82) is 5.26 Å². The lowest BCUT2D eigenvalue weighted by molar-refractivity contribution is -0.277. The van der Waals surface area contributed by atoms with Crippen molar-refractivity contribution in [3.8, 4) is 6.07 Å². The fourth-order valence-electron chi connectivity index (χ4n) is 2.01. The topological polar surface area (TPSA) is 59.3 Å². The Labute approximate surface area is 126 Å². The Morgan fingerprint density at radius 1 is 1.32 bits per heavy atom. The average Bonchev–Trinajstić information content (AvgIpc) is 2.47. The van der Waals surface area contributed by atoms with E-state index in [2.05, 4.69) is 4.74 Å². The highest BCUT2D eigenvalue weighted by molar-refractivity contribution is 5.83. The molecule has 1 aromatic carbocycles. The molecule has 0 heterocycles. The molecule has 0 aliphatic rings. The number of methoxy groups -OCH3 is 1. The van der Waals surface area contributed by atoms with E-state index in [9.17, 15) is 18.0 Å². The molecule has 0 spiro atoms. The highest BCUT2D eigenvalue weighted by Crippen LogP contribution is 2.43. The van der Waals surface area contributed by atoms with Gasteiger partial charge < -0.3 is 9.47 Å². The maximum absolute atomic E-state index is 13.5. The van der Waals surface area contributed by atoms with E-state index < -0.39 is 29.4 Å². The molecular formula is C15H16F3NO3. The third-order valence-electron chi connectivity index (χ3n) is 3.12. The number of benzene rings is 1. The minimum absolute atomic E-state index is 0.148. The molecule has 1 rings (SSSR count). The Kier molecular flexibility index (Phi) is 5.94. The first-order valence-electron chi connectivity index (χ1n) is 6.61. The summed E-state index contributed by atoms with van der Waals surface area (Å²) in [4.78, 5) is 12.2. The number of hydrogen-bond donors (Lipinski definition) is 0. The fourth-order valence-corrected chi connectivity index (χ4v) is 2.01. The Morgan fingerprint density at radius 3 is 2.32 bits per heavy atom. The molecule has 0 radical (unpaired) electrons. The van der Waals surface area contributed by atoms with E-state index in [0.717, 1.165) is 19.2 Å². The first kappa shape index (κ1) is 18.0. The van der Waals surface area contributed by atoms with Crippen molar-refractivity contribution in [2.45, 2.75) is 37.6 Å². The molecule has 0 aliphatic carbocycles. The van der Waals surface area contributed by atoms with Gasteiger partial charge in [-0.25, -0.2) is 4.79 Å². The molecule has 0 aromatic heterocycles. The van der Waals surface area contributed by atoms with Gasteiger partial charge in [0.05, 0.1) is 0 Å². The smallest absolute Gasteiger partial charge is 0.432 e. The summed E-state index contributed by atoms with van der Waals surface area (Å²) < 4.78 is 49.9. The number of hydrogen-bond acceptors (Lipinski definition) is 4. The van der Waals surface area contributed by atoms with Crippen molar-refractivity contribution in [3.63, 3.8) is 0 Å². The summed E-state index contributed by atoms with van der Waals surface area (Å²) in [6, 6.07) is 8.14. The molecule has 0 bridgehead atoms. The number of carbonyl (C=O) groups is 1. The number of nitrogens with zero attached hydrogens (tertiary/aromatic N) is 1. The van der Waals surface area contributed by atoms with E-state index in [-0.39, 0.29) is 6.42 Å². The maximum Gasteiger partial charge on any atom is 0.432 e. The van der Waals surface area contributed by atoms with Crippen molar-refractivity contribution >= 4 is 5.97 Å². The van der Waals surface area contributed by atoms with Crippen LogP contribution >= 0.6 is 0 Å². The van der Waals surface area contributed by atoms with Crippen LogP contribution in [0.5, 0.6) is 0 Å². The Morgan fingerprint density at radius 2 is 1.91 bits per heavy atom. The first-order chi connectivity index (χ1) is 10.3. The average molecular weight is 315 g/mol. The van der Waals surface area contributed by atoms with Crippen LogP contribution < -0.4 is 0 Å². The van der Waals surface area contributed by atoms with Gasteiger partial charge in [0, 0.05) is 12.7 Å². The molecular weight excluding hydrogens is 299 g/mol. The summed E-state index contributed by atoms with van der Waals surface area (Å²) in [5.41, 5.74) is -3.65. The lowest BCUT2D eigenvalue weighted by Crippen LogP contribution is -2.52. The molecule has 4 nitrogen and oxygen atoms in total. The predicted octanol–water partition coefficient (Wildman–Crippen LogP) is 3.33. The number of carbonyl (C=O) groups excluding carboxylic acids is 1. The largest absolute Gasteiger partial charge is 0.444 e. The molecule has 0 amide bonds. The van der Waals surface area contributed by atoms with Crippen LogP contribution in [-0.4, -0.2) is 25.4 Å². The molecule has 22 heavy (non-hydrogen) atoms. The van der Waals surface area contributed by atoms with E-state index >= 15 is 0 Å². The SMILES string of the molecule is CCC[C@H](C#N)OC(=O)[C@@](OC)(c1ccccc1)C(F)(F)F. The van der Waals surface area contributed by atoms with Gasteiger partial charge in [0.25, 0.3) is 5.60 Å². The summed E-state index contributed by atoms with van der Waals surface area (Å²) in [5, 5.41) is 8.87. The van der Waals surface area contributed by atoms with Crippen molar-refractivity contribution in [3.05, 3.63) is 35.9 Å². The summed E-state index contributed by atoms with van der Waals surface area (Å²) in [5.74, 6) is -1.64. The fraction of sp³-hybridized carbons (Fsp3) is 0.467. The maximum atomic E-state index is 13.5. The van der Waals surface area contributed by atoms with Gasteiger partial charge in [-0.3, -0.25) is 0 Å². The number of nitriles is 1. The van der Waals surface area contributed by atoms with Gasteiger partial charge in [0.2, 0.25) is 0 Å². The predicted molar refractivity (Wildman–Crippen MR) is 71.6 cm³/mol.